The largest absolute Gasteiger partial charge is 0.378 e. The Kier molecular flexibility index (Phi) is 7.36. The standard InChI is InChI=1S/C25H33N3O4S/c1-3-28(4-2)33(30,31)20-12-13-24(27-14-16-32-17-15-27)22(18-20)25(29)26-23-11-7-9-19-8-5-6-10-21(19)23/h7,9,11-13,18H,3-6,8,10,14-17H2,1-2H3,(H,26,29). The number of morpholine rings is 1. The predicted octanol–water partition coefficient (Wildman–Crippen LogP) is 3.68. The molecule has 1 aliphatic carbocycles. The molecule has 1 amide bonds. The Morgan fingerprint density at radius 1 is 1.06 bits per heavy atom. The molecule has 178 valence electrons. The topological polar surface area (TPSA) is 79.0 Å². The van der Waals surface area contributed by atoms with Crippen molar-refractivity contribution in [3.05, 3.63) is 53.1 Å². The Bertz CT molecular complexity index is 1110. The van der Waals surface area contributed by atoms with Crippen LogP contribution in [0.25, 0.3) is 0 Å². The molecule has 0 saturated carbocycles. The Labute approximate surface area is 196 Å². The van der Waals surface area contributed by atoms with E-state index in [1.165, 1.54) is 21.5 Å². The van der Waals surface area contributed by atoms with Gasteiger partial charge in [-0.1, -0.05) is 26.0 Å². The Balaban J connectivity index is 1.73. The van der Waals surface area contributed by atoms with Gasteiger partial charge in [-0.2, -0.15) is 4.31 Å². The molecule has 1 fully saturated rings. The molecule has 1 aliphatic heterocycles. The number of carbonyl (C=O) groups is 1. The normalized spacial score (nSPS) is 16.5. The highest BCUT2D eigenvalue weighted by atomic mass is 32.2. The lowest BCUT2D eigenvalue weighted by Crippen LogP contribution is -2.37. The third kappa shape index (κ3) is 4.93. The molecule has 0 radical (unpaired) electrons. The maximum atomic E-state index is 13.6. The second-order valence-electron chi connectivity index (χ2n) is 8.47. The number of nitrogens with zero attached hydrogens (tertiary/aromatic N) is 2. The predicted molar refractivity (Wildman–Crippen MR) is 131 cm³/mol. The molecule has 2 aromatic carbocycles. The maximum Gasteiger partial charge on any atom is 0.257 e. The lowest BCUT2D eigenvalue weighted by atomic mass is 9.90. The number of ether oxygens (including phenoxy) is 1. The lowest BCUT2D eigenvalue weighted by Gasteiger charge is -2.31. The number of aryl methyl sites for hydroxylation is 1. The first-order valence-corrected chi connectivity index (χ1v) is 13.3. The van der Waals surface area contributed by atoms with Gasteiger partial charge in [0.25, 0.3) is 5.91 Å². The van der Waals surface area contributed by atoms with E-state index in [9.17, 15) is 13.2 Å². The zero-order chi connectivity index (χ0) is 23.4. The number of fused-ring (bicyclic) bond motifs is 1. The minimum atomic E-state index is -3.68. The molecule has 7 nitrogen and oxygen atoms in total. The number of rotatable bonds is 7. The number of anilines is 2. The van der Waals surface area contributed by atoms with Gasteiger partial charge in [-0.05, 0) is 61.1 Å². The molecule has 0 spiro atoms. The van der Waals surface area contributed by atoms with Crippen LogP contribution in [0.4, 0.5) is 11.4 Å². The van der Waals surface area contributed by atoms with Crippen molar-refractivity contribution in [3.8, 4) is 0 Å². The van der Waals surface area contributed by atoms with Crippen LogP contribution < -0.4 is 10.2 Å². The summed E-state index contributed by atoms with van der Waals surface area (Å²) in [6.07, 6.45) is 4.24. The minimum absolute atomic E-state index is 0.142. The number of benzene rings is 2. The van der Waals surface area contributed by atoms with Crippen molar-refractivity contribution < 1.29 is 17.9 Å². The summed E-state index contributed by atoms with van der Waals surface area (Å²) in [6, 6.07) is 10.9. The van der Waals surface area contributed by atoms with Crippen molar-refractivity contribution in [2.75, 3.05) is 49.6 Å². The van der Waals surface area contributed by atoms with Gasteiger partial charge in [0.1, 0.15) is 0 Å². The van der Waals surface area contributed by atoms with Crippen LogP contribution >= 0.6 is 0 Å². The summed E-state index contributed by atoms with van der Waals surface area (Å²) in [5, 5.41) is 3.10. The van der Waals surface area contributed by atoms with E-state index in [0.717, 1.165) is 37.1 Å². The van der Waals surface area contributed by atoms with Crippen molar-refractivity contribution >= 4 is 27.3 Å². The minimum Gasteiger partial charge on any atom is -0.378 e. The van der Waals surface area contributed by atoms with Gasteiger partial charge in [0.05, 0.1) is 23.7 Å². The molecule has 1 heterocycles. The maximum absolute atomic E-state index is 13.6. The van der Waals surface area contributed by atoms with Crippen molar-refractivity contribution in [1.29, 1.82) is 0 Å². The van der Waals surface area contributed by atoms with Crippen LogP contribution in [0.3, 0.4) is 0 Å². The van der Waals surface area contributed by atoms with Gasteiger partial charge in [-0.3, -0.25) is 4.79 Å². The van der Waals surface area contributed by atoms with Crippen LogP contribution in [-0.4, -0.2) is 58.0 Å². The zero-order valence-electron chi connectivity index (χ0n) is 19.5. The molecule has 0 bridgehead atoms. The molecule has 0 aromatic heterocycles. The zero-order valence-corrected chi connectivity index (χ0v) is 20.3. The van der Waals surface area contributed by atoms with Crippen LogP contribution in [0, 0.1) is 0 Å². The molecule has 4 rings (SSSR count). The van der Waals surface area contributed by atoms with Crippen molar-refractivity contribution in [3.63, 3.8) is 0 Å². The number of amides is 1. The van der Waals surface area contributed by atoms with Crippen LogP contribution in [0.2, 0.25) is 0 Å². The average Bonchev–Trinajstić information content (AvgIpc) is 2.85. The van der Waals surface area contributed by atoms with Crippen LogP contribution in [-0.2, 0) is 27.6 Å². The van der Waals surface area contributed by atoms with E-state index in [-0.39, 0.29) is 10.8 Å². The fourth-order valence-electron chi connectivity index (χ4n) is 4.74. The fourth-order valence-corrected chi connectivity index (χ4v) is 6.22. The third-order valence-corrected chi connectivity index (χ3v) is 8.60. The van der Waals surface area contributed by atoms with E-state index in [1.807, 2.05) is 26.0 Å². The summed E-state index contributed by atoms with van der Waals surface area (Å²) in [4.78, 5) is 15.8. The molecular weight excluding hydrogens is 438 g/mol. The van der Waals surface area contributed by atoms with Gasteiger partial charge in [0.2, 0.25) is 10.0 Å². The Hall–Kier alpha value is -2.42. The summed E-state index contributed by atoms with van der Waals surface area (Å²) in [5.74, 6) is -0.285. The number of hydrogen-bond donors (Lipinski definition) is 1. The van der Waals surface area contributed by atoms with Crippen LogP contribution in [0.15, 0.2) is 41.3 Å². The van der Waals surface area contributed by atoms with E-state index in [4.69, 9.17) is 4.74 Å². The smallest absolute Gasteiger partial charge is 0.257 e. The second kappa shape index (κ2) is 10.2. The molecule has 8 heteroatoms. The number of sulfonamides is 1. The van der Waals surface area contributed by atoms with Crippen molar-refractivity contribution in [2.45, 2.75) is 44.4 Å². The van der Waals surface area contributed by atoms with E-state index in [0.29, 0.717) is 45.0 Å². The van der Waals surface area contributed by atoms with Gasteiger partial charge in [-0.25, -0.2) is 8.42 Å². The number of hydrogen-bond acceptors (Lipinski definition) is 5. The number of carbonyl (C=O) groups excluding carboxylic acids is 1. The Morgan fingerprint density at radius 3 is 2.52 bits per heavy atom. The van der Waals surface area contributed by atoms with Crippen LogP contribution in [0.5, 0.6) is 0 Å². The summed E-state index contributed by atoms with van der Waals surface area (Å²) < 4.78 is 33.2. The third-order valence-electron chi connectivity index (χ3n) is 6.55. The molecular formula is C25H33N3O4S. The monoisotopic (exact) mass is 471 g/mol. The van der Waals surface area contributed by atoms with Crippen molar-refractivity contribution in [2.24, 2.45) is 0 Å². The highest BCUT2D eigenvalue weighted by molar-refractivity contribution is 7.89. The molecule has 0 atom stereocenters. The molecule has 2 aliphatic rings. The average molecular weight is 472 g/mol. The molecule has 0 unspecified atom stereocenters. The van der Waals surface area contributed by atoms with Gasteiger partial charge in [0, 0.05) is 37.6 Å². The summed E-state index contributed by atoms with van der Waals surface area (Å²) in [5.41, 5.74) is 4.40. The van der Waals surface area contributed by atoms with Gasteiger partial charge >= 0.3 is 0 Å². The summed E-state index contributed by atoms with van der Waals surface area (Å²) >= 11 is 0. The van der Waals surface area contributed by atoms with Gasteiger partial charge < -0.3 is 15.0 Å². The van der Waals surface area contributed by atoms with Gasteiger partial charge in [-0.15, -0.1) is 0 Å². The van der Waals surface area contributed by atoms with E-state index in [1.54, 1.807) is 12.1 Å². The number of nitrogens with one attached hydrogen (secondary N) is 1. The molecule has 2 aromatic rings. The molecule has 33 heavy (non-hydrogen) atoms. The quantitative estimate of drug-likeness (QED) is 0.666. The van der Waals surface area contributed by atoms with E-state index in [2.05, 4.69) is 16.3 Å². The molecule has 1 saturated heterocycles. The summed E-state index contributed by atoms with van der Waals surface area (Å²) in [6.45, 7) is 6.85. The SMILES string of the molecule is CCN(CC)S(=O)(=O)c1ccc(N2CCOCC2)c(C(=O)Nc2cccc3c2CCCC3)c1. The van der Waals surface area contributed by atoms with Gasteiger partial charge in [0.15, 0.2) is 0 Å². The molecule has 1 N–H and O–H groups in total. The Morgan fingerprint density at radius 2 is 1.79 bits per heavy atom. The highest BCUT2D eigenvalue weighted by Crippen LogP contribution is 2.31. The van der Waals surface area contributed by atoms with Crippen molar-refractivity contribution in [1.82, 2.24) is 4.31 Å². The first-order chi connectivity index (χ1) is 16.0. The van der Waals surface area contributed by atoms with E-state index < -0.39 is 10.0 Å². The lowest BCUT2D eigenvalue weighted by molar-refractivity contribution is 0.102. The fraction of sp³-hybridized carbons (Fsp3) is 0.480. The second-order valence-corrected chi connectivity index (χ2v) is 10.4. The van der Waals surface area contributed by atoms with E-state index >= 15 is 0 Å². The first kappa shape index (κ1) is 23.7. The summed E-state index contributed by atoms with van der Waals surface area (Å²) in [7, 11) is -3.68. The first-order valence-electron chi connectivity index (χ1n) is 11.8. The highest BCUT2D eigenvalue weighted by Gasteiger charge is 2.26. The van der Waals surface area contributed by atoms with Crippen LogP contribution in [0.1, 0.15) is 48.2 Å².